The number of likely N-dealkylation sites (N-methyl/N-ethyl adjacent to an activating group) is 1. The van der Waals surface area contributed by atoms with Crippen LogP contribution in [0.2, 0.25) is 0 Å². The number of fused-ring (bicyclic) bond motifs is 3. The number of phenolic OH excluding ortho intramolecular Hbond substituents is 3. The number of phenols is 3. The van der Waals surface area contributed by atoms with Crippen molar-refractivity contribution in [1.82, 2.24) is 4.90 Å². The van der Waals surface area contributed by atoms with Crippen LogP contribution < -0.4 is 4.74 Å². The van der Waals surface area contributed by atoms with Crippen molar-refractivity contribution >= 4 is 23.5 Å². The number of hydrogen-bond acceptors (Lipinski definition) is 8. The third-order valence-electron chi connectivity index (χ3n) is 8.58. The fourth-order valence-electron chi connectivity index (χ4n) is 7.48. The van der Waals surface area contributed by atoms with Crippen LogP contribution in [0.4, 0.5) is 0 Å². The molecule has 1 saturated heterocycles. The molecule has 8 nitrogen and oxygen atoms in total. The van der Waals surface area contributed by atoms with Crippen LogP contribution in [-0.2, 0) is 26.8 Å². The van der Waals surface area contributed by atoms with Gasteiger partial charge in [-0.25, -0.2) is 0 Å². The second kappa shape index (κ2) is 7.18. The molecule has 4 bridgehead atoms. The average Bonchev–Trinajstić information content (AvgIpc) is 3.02. The van der Waals surface area contributed by atoms with Crippen molar-refractivity contribution in [2.75, 3.05) is 26.5 Å². The van der Waals surface area contributed by atoms with Gasteiger partial charge in [-0.05, 0) is 50.2 Å². The molecule has 4 N–H and O–H groups in total. The second-order valence-corrected chi connectivity index (χ2v) is 10.8. The van der Waals surface area contributed by atoms with Crippen molar-refractivity contribution in [1.29, 1.82) is 0 Å². The molecule has 1 fully saturated rings. The Morgan fingerprint density at radius 1 is 1.23 bits per heavy atom. The maximum absolute atomic E-state index is 13.7. The molecule has 2 aromatic carbocycles. The second-order valence-electron chi connectivity index (χ2n) is 9.82. The number of ether oxygens (including phenoxy) is 1. The number of carboxylic acid groups (broad SMARTS) is 1. The van der Waals surface area contributed by atoms with Gasteiger partial charge in [0.15, 0.2) is 17.3 Å². The first-order chi connectivity index (χ1) is 16.7. The number of carbonyl (C=O) groups is 2. The highest BCUT2D eigenvalue weighted by Gasteiger charge is 2.74. The van der Waals surface area contributed by atoms with E-state index >= 15 is 0 Å². The standard InChI is InChI=1S/C26H25NO7S/c1-27-8-7-26-20-12(3-4-15(34-2)23(20)32)9-17(27)25(26)6-5-13(28)21(26)19-22(25)14(29)10-16(24(19)33)35-11-18(30)31/h3-6,10,17,21,29,32-33H,7-9,11H2,1-2H3,(H,30,31)/t17-,21+,25+,26+/m1/s1. The van der Waals surface area contributed by atoms with E-state index in [1.165, 1.54) is 13.2 Å². The van der Waals surface area contributed by atoms with Crippen LogP contribution in [-0.4, -0.2) is 69.6 Å². The molecule has 35 heavy (non-hydrogen) atoms. The van der Waals surface area contributed by atoms with Gasteiger partial charge in [-0.15, -0.1) is 11.8 Å². The lowest BCUT2D eigenvalue weighted by atomic mass is 9.44. The van der Waals surface area contributed by atoms with Crippen LogP contribution in [0.1, 0.15) is 34.6 Å². The Morgan fingerprint density at radius 3 is 2.71 bits per heavy atom. The van der Waals surface area contributed by atoms with Crippen LogP contribution in [0, 0.1) is 0 Å². The van der Waals surface area contributed by atoms with E-state index in [4.69, 9.17) is 9.84 Å². The van der Waals surface area contributed by atoms with Crippen molar-refractivity contribution in [3.8, 4) is 23.0 Å². The van der Waals surface area contributed by atoms with Crippen molar-refractivity contribution in [3.05, 3.63) is 52.6 Å². The van der Waals surface area contributed by atoms with Crippen LogP contribution in [0.5, 0.6) is 23.0 Å². The first-order valence-corrected chi connectivity index (χ1v) is 12.4. The summed E-state index contributed by atoms with van der Waals surface area (Å²) in [6.45, 7) is 0.663. The third kappa shape index (κ3) is 2.47. The number of methoxy groups -OCH3 is 1. The van der Waals surface area contributed by atoms with E-state index in [-0.39, 0.29) is 39.7 Å². The molecule has 0 spiro atoms. The van der Waals surface area contributed by atoms with Crippen LogP contribution in [0.15, 0.2) is 35.2 Å². The number of aliphatic carboxylic acids is 1. The summed E-state index contributed by atoms with van der Waals surface area (Å²) in [6, 6.07) is 4.92. The maximum Gasteiger partial charge on any atom is 0.313 e. The largest absolute Gasteiger partial charge is 0.508 e. The van der Waals surface area contributed by atoms with Crippen LogP contribution in [0.3, 0.4) is 0 Å². The van der Waals surface area contributed by atoms with Gasteiger partial charge in [-0.2, -0.15) is 0 Å². The number of thioether (sulfide) groups is 1. The van der Waals surface area contributed by atoms with E-state index in [1.54, 1.807) is 12.1 Å². The summed E-state index contributed by atoms with van der Waals surface area (Å²) in [5, 5.41) is 43.4. The summed E-state index contributed by atoms with van der Waals surface area (Å²) in [5.74, 6) is -2.37. The lowest BCUT2D eigenvalue weighted by Crippen LogP contribution is -2.68. The summed E-state index contributed by atoms with van der Waals surface area (Å²) < 4.78 is 5.44. The highest BCUT2D eigenvalue weighted by atomic mass is 32.2. The van der Waals surface area contributed by atoms with Gasteiger partial charge in [-0.1, -0.05) is 12.1 Å². The van der Waals surface area contributed by atoms with Gasteiger partial charge in [0.1, 0.15) is 11.5 Å². The molecule has 0 aromatic heterocycles. The molecule has 2 aromatic rings. The quantitative estimate of drug-likeness (QED) is 0.374. The molecule has 182 valence electrons. The number of hydrogen-bond donors (Lipinski definition) is 4. The zero-order chi connectivity index (χ0) is 24.9. The van der Waals surface area contributed by atoms with Gasteiger partial charge < -0.3 is 30.1 Å². The summed E-state index contributed by atoms with van der Waals surface area (Å²) in [7, 11) is 3.50. The van der Waals surface area contributed by atoms with Crippen molar-refractivity contribution < 1.29 is 34.8 Å². The van der Waals surface area contributed by atoms with Gasteiger partial charge in [0.25, 0.3) is 0 Å². The predicted octanol–water partition coefficient (Wildman–Crippen LogP) is 2.66. The highest BCUT2D eigenvalue weighted by molar-refractivity contribution is 8.00. The Bertz CT molecular complexity index is 1350. The van der Waals surface area contributed by atoms with Gasteiger partial charge in [0, 0.05) is 33.6 Å². The van der Waals surface area contributed by atoms with Crippen molar-refractivity contribution in [3.63, 3.8) is 0 Å². The number of nitrogens with zero attached hydrogens (tertiary/aromatic N) is 1. The van der Waals surface area contributed by atoms with Gasteiger partial charge >= 0.3 is 5.97 Å². The number of allylic oxidation sites excluding steroid dienone is 1. The van der Waals surface area contributed by atoms with E-state index in [0.29, 0.717) is 41.8 Å². The first-order valence-electron chi connectivity index (χ1n) is 11.5. The minimum atomic E-state index is -1.06. The highest BCUT2D eigenvalue weighted by Crippen LogP contribution is 2.74. The molecule has 3 aliphatic carbocycles. The number of piperidine rings is 1. The van der Waals surface area contributed by atoms with Gasteiger partial charge in [0.2, 0.25) is 0 Å². The fourth-order valence-corrected chi connectivity index (χ4v) is 8.21. The number of likely N-dealkylation sites (tertiary alicyclic amines) is 1. The summed E-state index contributed by atoms with van der Waals surface area (Å²) in [5.41, 5.74) is 0.571. The van der Waals surface area contributed by atoms with E-state index in [1.807, 2.05) is 19.2 Å². The maximum atomic E-state index is 13.7. The van der Waals surface area contributed by atoms with Crippen LogP contribution in [0.25, 0.3) is 0 Å². The first kappa shape index (κ1) is 22.3. The molecule has 9 heteroatoms. The topological polar surface area (TPSA) is 128 Å². The number of rotatable bonds is 4. The number of ketones is 1. The Balaban J connectivity index is 1.73. The van der Waals surface area contributed by atoms with E-state index in [0.717, 1.165) is 17.3 Å². The predicted molar refractivity (Wildman–Crippen MR) is 128 cm³/mol. The van der Waals surface area contributed by atoms with E-state index in [9.17, 15) is 24.9 Å². The summed E-state index contributed by atoms with van der Waals surface area (Å²) >= 11 is 0.899. The molecule has 0 saturated carbocycles. The molecule has 4 atom stereocenters. The Morgan fingerprint density at radius 2 is 2.00 bits per heavy atom. The average molecular weight is 496 g/mol. The monoisotopic (exact) mass is 495 g/mol. The van der Waals surface area contributed by atoms with E-state index < -0.39 is 22.7 Å². The Hall–Kier alpha value is -3.17. The minimum Gasteiger partial charge on any atom is -0.508 e. The summed E-state index contributed by atoms with van der Waals surface area (Å²) in [4.78, 5) is 27.3. The van der Waals surface area contributed by atoms with Crippen LogP contribution >= 0.6 is 11.8 Å². The molecule has 1 aliphatic heterocycles. The molecule has 0 radical (unpaired) electrons. The molecule has 0 amide bonds. The number of carbonyl (C=O) groups excluding carboxylic acids is 1. The normalized spacial score (nSPS) is 29.9. The minimum absolute atomic E-state index is 0.0160. The Kier molecular flexibility index (Phi) is 4.57. The Labute approximate surface area is 205 Å². The molecular weight excluding hydrogens is 470 g/mol. The number of aromatic hydroxyl groups is 3. The lowest BCUT2D eigenvalue weighted by Gasteiger charge is -2.62. The number of benzene rings is 2. The molecular formula is C26H25NO7S. The molecule has 4 aliphatic rings. The van der Waals surface area contributed by atoms with Crippen molar-refractivity contribution in [2.24, 2.45) is 0 Å². The summed E-state index contributed by atoms with van der Waals surface area (Å²) in [6.07, 6.45) is 4.49. The smallest absolute Gasteiger partial charge is 0.313 e. The zero-order valence-electron chi connectivity index (χ0n) is 19.2. The third-order valence-corrected chi connectivity index (χ3v) is 9.60. The molecule has 6 rings (SSSR count). The van der Waals surface area contributed by atoms with Gasteiger partial charge in [0.05, 0.1) is 23.7 Å². The molecule has 0 unspecified atom stereocenters. The molecule has 1 heterocycles. The van der Waals surface area contributed by atoms with E-state index in [2.05, 4.69) is 4.90 Å². The fraction of sp³-hybridized carbons (Fsp3) is 0.385. The zero-order valence-corrected chi connectivity index (χ0v) is 20.1. The number of carboxylic acids is 1. The SMILES string of the molecule is COc1ccc2c(c1O)[C@]13CCN(C)[C@H](C2)[C@]12C=CC(=O)[C@H]3c1c(O)c(SCC(=O)O)cc(O)c12. The lowest BCUT2D eigenvalue weighted by molar-refractivity contribution is -0.134. The van der Waals surface area contributed by atoms with Crippen molar-refractivity contribution in [2.45, 2.75) is 40.5 Å². The van der Waals surface area contributed by atoms with Gasteiger partial charge in [-0.3, -0.25) is 9.59 Å².